The molecular formula is C18H23BrN2. The molecule has 3 heteroatoms. The Kier molecular flexibility index (Phi) is 5.43. The molecule has 112 valence electrons. The molecule has 0 aliphatic rings. The molecule has 1 unspecified atom stereocenters. The minimum atomic E-state index is 0.327. The van der Waals surface area contributed by atoms with Crippen molar-refractivity contribution >= 4 is 21.6 Å². The van der Waals surface area contributed by atoms with Crippen LogP contribution in [0, 0.1) is 6.92 Å². The van der Waals surface area contributed by atoms with Crippen LogP contribution in [0.1, 0.15) is 29.7 Å². The zero-order valence-electron chi connectivity index (χ0n) is 13.2. The third kappa shape index (κ3) is 4.08. The van der Waals surface area contributed by atoms with Crippen LogP contribution in [0.25, 0.3) is 0 Å². The molecule has 0 bridgehead atoms. The normalized spacial score (nSPS) is 12.2. The molecule has 0 spiro atoms. The molecule has 2 nitrogen and oxygen atoms in total. The average Bonchev–Trinajstić information content (AvgIpc) is 2.48. The van der Waals surface area contributed by atoms with Gasteiger partial charge in [0.1, 0.15) is 0 Å². The van der Waals surface area contributed by atoms with Gasteiger partial charge in [-0.2, -0.15) is 0 Å². The molecule has 0 aliphatic heterocycles. The Labute approximate surface area is 136 Å². The van der Waals surface area contributed by atoms with Gasteiger partial charge in [-0.15, -0.1) is 0 Å². The summed E-state index contributed by atoms with van der Waals surface area (Å²) in [6, 6.07) is 15.5. The van der Waals surface area contributed by atoms with E-state index in [1.54, 1.807) is 0 Å². The lowest BCUT2D eigenvalue weighted by Crippen LogP contribution is -2.21. The number of halogens is 1. The van der Waals surface area contributed by atoms with Gasteiger partial charge >= 0.3 is 0 Å². The van der Waals surface area contributed by atoms with Gasteiger partial charge in [-0.1, -0.05) is 51.8 Å². The molecule has 1 atom stereocenters. The molecule has 0 fully saturated rings. The number of hydrogen-bond acceptors (Lipinski definition) is 2. The van der Waals surface area contributed by atoms with Gasteiger partial charge < -0.3 is 10.2 Å². The molecule has 2 rings (SSSR count). The minimum absolute atomic E-state index is 0.327. The van der Waals surface area contributed by atoms with Gasteiger partial charge in [-0.05, 0) is 44.2 Å². The maximum atomic E-state index is 3.58. The fourth-order valence-corrected chi connectivity index (χ4v) is 2.77. The first-order chi connectivity index (χ1) is 10.0. The molecule has 2 aromatic rings. The summed E-state index contributed by atoms with van der Waals surface area (Å²) >= 11 is 3.58. The lowest BCUT2D eigenvalue weighted by Gasteiger charge is -2.25. The van der Waals surface area contributed by atoms with Gasteiger partial charge in [-0.3, -0.25) is 0 Å². The number of benzene rings is 2. The van der Waals surface area contributed by atoms with Crippen molar-refractivity contribution in [3.05, 3.63) is 63.6 Å². The van der Waals surface area contributed by atoms with Gasteiger partial charge in [0.05, 0.1) is 0 Å². The van der Waals surface area contributed by atoms with E-state index in [1.807, 2.05) is 7.05 Å². The lowest BCUT2D eigenvalue weighted by atomic mass is 10.0. The molecule has 0 aliphatic carbocycles. The van der Waals surface area contributed by atoms with Crippen LogP contribution in [0.15, 0.2) is 46.9 Å². The Morgan fingerprint density at radius 1 is 1.14 bits per heavy atom. The quantitative estimate of drug-likeness (QED) is 0.845. The van der Waals surface area contributed by atoms with E-state index in [2.05, 4.69) is 89.5 Å². The van der Waals surface area contributed by atoms with E-state index in [4.69, 9.17) is 0 Å². The van der Waals surface area contributed by atoms with Gasteiger partial charge in [-0.25, -0.2) is 0 Å². The highest BCUT2D eigenvalue weighted by atomic mass is 79.9. The van der Waals surface area contributed by atoms with Gasteiger partial charge in [0.2, 0.25) is 0 Å². The second-order valence-electron chi connectivity index (χ2n) is 5.56. The van der Waals surface area contributed by atoms with Crippen LogP contribution in [-0.2, 0) is 6.54 Å². The first-order valence-corrected chi connectivity index (χ1v) is 8.04. The average molecular weight is 347 g/mol. The lowest BCUT2D eigenvalue weighted by molar-refractivity contribution is 0.649. The molecule has 0 aromatic heterocycles. The Balaban J connectivity index is 2.27. The van der Waals surface area contributed by atoms with Gasteiger partial charge in [0.25, 0.3) is 0 Å². The van der Waals surface area contributed by atoms with Crippen LogP contribution in [0.2, 0.25) is 0 Å². The number of rotatable bonds is 5. The summed E-state index contributed by atoms with van der Waals surface area (Å²) in [7, 11) is 4.14. The molecule has 2 aromatic carbocycles. The number of anilines is 1. The van der Waals surface area contributed by atoms with Crippen molar-refractivity contribution in [1.82, 2.24) is 5.32 Å². The van der Waals surface area contributed by atoms with E-state index in [1.165, 1.54) is 22.4 Å². The summed E-state index contributed by atoms with van der Waals surface area (Å²) in [5, 5.41) is 3.33. The van der Waals surface area contributed by atoms with E-state index in [0.29, 0.717) is 6.04 Å². The van der Waals surface area contributed by atoms with E-state index in [9.17, 15) is 0 Å². The highest BCUT2D eigenvalue weighted by Crippen LogP contribution is 2.29. The van der Waals surface area contributed by atoms with Crippen molar-refractivity contribution in [2.45, 2.75) is 26.4 Å². The summed E-state index contributed by atoms with van der Waals surface area (Å²) in [4.78, 5) is 2.30. The molecule has 0 saturated carbocycles. The van der Waals surface area contributed by atoms with E-state index in [0.717, 1.165) is 11.0 Å². The second kappa shape index (κ2) is 7.10. The smallest absolute Gasteiger partial charge is 0.0426 e. The van der Waals surface area contributed by atoms with Crippen molar-refractivity contribution in [1.29, 1.82) is 0 Å². The number of hydrogen-bond donors (Lipinski definition) is 1. The van der Waals surface area contributed by atoms with Crippen molar-refractivity contribution in [3.63, 3.8) is 0 Å². The predicted molar refractivity (Wildman–Crippen MR) is 94.9 cm³/mol. The van der Waals surface area contributed by atoms with Gasteiger partial charge in [0.15, 0.2) is 0 Å². The van der Waals surface area contributed by atoms with Crippen molar-refractivity contribution in [2.75, 3.05) is 19.0 Å². The fraction of sp³-hybridized carbons (Fsp3) is 0.333. The van der Waals surface area contributed by atoms with Crippen LogP contribution in [-0.4, -0.2) is 14.1 Å². The summed E-state index contributed by atoms with van der Waals surface area (Å²) in [6.07, 6.45) is 0. The van der Waals surface area contributed by atoms with E-state index in [-0.39, 0.29) is 0 Å². The first kappa shape index (κ1) is 16.1. The van der Waals surface area contributed by atoms with Crippen molar-refractivity contribution in [2.24, 2.45) is 0 Å². The molecule has 1 N–H and O–H groups in total. The van der Waals surface area contributed by atoms with Gasteiger partial charge in [0, 0.05) is 29.8 Å². The molecule has 0 saturated heterocycles. The fourth-order valence-electron chi connectivity index (χ4n) is 2.42. The molecular weight excluding hydrogens is 324 g/mol. The van der Waals surface area contributed by atoms with Crippen LogP contribution in [0.3, 0.4) is 0 Å². The topological polar surface area (TPSA) is 15.3 Å². The highest BCUT2D eigenvalue weighted by molar-refractivity contribution is 9.10. The summed E-state index contributed by atoms with van der Waals surface area (Å²) in [5.41, 5.74) is 5.20. The number of aryl methyl sites for hydroxylation is 1. The molecule has 0 amide bonds. The zero-order valence-corrected chi connectivity index (χ0v) is 14.7. The third-order valence-electron chi connectivity index (χ3n) is 3.84. The molecule has 0 radical (unpaired) electrons. The minimum Gasteiger partial charge on any atom is -0.370 e. The van der Waals surface area contributed by atoms with Crippen molar-refractivity contribution < 1.29 is 0 Å². The monoisotopic (exact) mass is 346 g/mol. The maximum Gasteiger partial charge on any atom is 0.0426 e. The van der Waals surface area contributed by atoms with E-state index < -0.39 is 0 Å². The van der Waals surface area contributed by atoms with Crippen LogP contribution in [0.5, 0.6) is 0 Å². The molecule has 0 heterocycles. The standard InChI is InChI=1S/C18H23BrN2/c1-13-5-7-15(8-6-13)12-21(4)18-11-16(19)9-10-17(18)14(2)20-3/h5-11,14,20H,12H2,1-4H3. The Morgan fingerprint density at radius 3 is 2.43 bits per heavy atom. The first-order valence-electron chi connectivity index (χ1n) is 7.24. The number of nitrogens with one attached hydrogen (secondary N) is 1. The Bertz CT molecular complexity index is 593. The van der Waals surface area contributed by atoms with E-state index >= 15 is 0 Å². The van der Waals surface area contributed by atoms with Crippen LogP contribution >= 0.6 is 15.9 Å². The molecule has 21 heavy (non-hydrogen) atoms. The van der Waals surface area contributed by atoms with Crippen LogP contribution < -0.4 is 10.2 Å². The second-order valence-corrected chi connectivity index (χ2v) is 6.47. The summed E-state index contributed by atoms with van der Waals surface area (Å²) < 4.78 is 1.11. The highest BCUT2D eigenvalue weighted by Gasteiger charge is 2.13. The number of nitrogens with zero attached hydrogens (tertiary/aromatic N) is 1. The Hall–Kier alpha value is -1.32. The Morgan fingerprint density at radius 2 is 1.81 bits per heavy atom. The third-order valence-corrected chi connectivity index (χ3v) is 4.34. The largest absolute Gasteiger partial charge is 0.370 e. The summed E-state index contributed by atoms with van der Waals surface area (Å²) in [6.45, 7) is 5.21. The predicted octanol–water partition coefficient (Wildman–Crippen LogP) is 4.67. The SMILES string of the molecule is CNC(C)c1ccc(Br)cc1N(C)Cc1ccc(C)cc1. The summed E-state index contributed by atoms with van der Waals surface area (Å²) in [5.74, 6) is 0. The zero-order chi connectivity index (χ0) is 15.4. The van der Waals surface area contributed by atoms with Crippen molar-refractivity contribution in [3.8, 4) is 0 Å². The maximum absolute atomic E-state index is 3.58. The van der Waals surface area contributed by atoms with Crippen LogP contribution in [0.4, 0.5) is 5.69 Å².